The molecule has 1 heterocycles. The molecule has 1 aliphatic carbocycles. The molecule has 0 bridgehead atoms. The van der Waals surface area contributed by atoms with Crippen LogP contribution in [0, 0.1) is 5.92 Å². The van der Waals surface area contributed by atoms with Gasteiger partial charge in [0.15, 0.2) is 0 Å². The number of hydrogen-bond acceptors (Lipinski definition) is 5. The van der Waals surface area contributed by atoms with E-state index in [9.17, 15) is 4.79 Å². The number of rotatable bonds is 8. The SMILES string of the molecule is NCC(NC(=O)CCCc1nc(-c2ccc(Cl)cc2)no1)C1CCCCC1. The molecule has 0 radical (unpaired) electrons. The van der Waals surface area contributed by atoms with Crippen LogP contribution in [0.5, 0.6) is 0 Å². The summed E-state index contributed by atoms with van der Waals surface area (Å²) in [5.74, 6) is 1.64. The minimum absolute atomic E-state index is 0.0495. The van der Waals surface area contributed by atoms with E-state index in [-0.39, 0.29) is 11.9 Å². The molecule has 0 aliphatic heterocycles. The average Bonchev–Trinajstić information content (AvgIpc) is 3.16. The maximum atomic E-state index is 12.3. The fourth-order valence-corrected chi connectivity index (χ4v) is 3.78. The second kappa shape index (κ2) is 9.85. The molecule has 1 atom stereocenters. The number of aromatic nitrogens is 2. The highest BCUT2D eigenvalue weighted by Crippen LogP contribution is 2.26. The van der Waals surface area contributed by atoms with Crippen LogP contribution in [0.15, 0.2) is 28.8 Å². The number of carbonyl (C=O) groups excluding carboxylic acids is 1. The first-order valence-corrected chi connectivity index (χ1v) is 10.1. The van der Waals surface area contributed by atoms with Crippen LogP contribution in [0.4, 0.5) is 0 Å². The zero-order valence-electron chi connectivity index (χ0n) is 15.5. The Morgan fingerprint density at radius 1 is 1.26 bits per heavy atom. The summed E-state index contributed by atoms with van der Waals surface area (Å²) in [6.07, 6.45) is 7.77. The maximum absolute atomic E-state index is 12.3. The fraction of sp³-hybridized carbons (Fsp3) is 0.550. The van der Waals surface area contributed by atoms with Crippen LogP contribution in [0.1, 0.15) is 50.8 Å². The number of aryl methyl sites for hydroxylation is 1. The smallest absolute Gasteiger partial charge is 0.226 e. The van der Waals surface area contributed by atoms with Gasteiger partial charge >= 0.3 is 0 Å². The van der Waals surface area contributed by atoms with E-state index in [4.69, 9.17) is 21.9 Å². The molecule has 1 fully saturated rings. The first-order chi connectivity index (χ1) is 13.2. The molecule has 1 aliphatic rings. The topological polar surface area (TPSA) is 94.0 Å². The number of benzene rings is 1. The van der Waals surface area contributed by atoms with Crippen LogP contribution in [0.3, 0.4) is 0 Å². The van der Waals surface area contributed by atoms with Crippen LogP contribution in [0.25, 0.3) is 11.4 Å². The summed E-state index contributed by atoms with van der Waals surface area (Å²) in [5.41, 5.74) is 6.73. The van der Waals surface area contributed by atoms with E-state index < -0.39 is 0 Å². The van der Waals surface area contributed by atoms with E-state index in [1.165, 1.54) is 19.3 Å². The number of nitrogens with one attached hydrogen (secondary N) is 1. The van der Waals surface area contributed by atoms with Crippen molar-refractivity contribution in [3.8, 4) is 11.4 Å². The van der Waals surface area contributed by atoms with Gasteiger partial charge in [0.25, 0.3) is 0 Å². The van der Waals surface area contributed by atoms with E-state index in [0.717, 1.165) is 18.4 Å². The third-order valence-electron chi connectivity index (χ3n) is 5.18. The molecule has 0 spiro atoms. The number of halogens is 1. The molecule has 6 nitrogen and oxygen atoms in total. The zero-order valence-corrected chi connectivity index (χ0v) is 16.3. The van der Waals surface area contributed by atoms with E-state index in [1.807, 2.05) is 12.1 Å². The van der Waals surface area contributed by atoms with Gasteiger partial charge in [-0.1, -0.05) is 36.0 Å². The monoisotopic (exact) mass is 390 g/mol. The van der Waals surface area contributed by atoms with Crippen molar-refractivity contribution in [2.75, 3.05) is 6.54 Å². The van der Waals surface area contributed by atoms with Gasteiger partial charge < -0.3 is 15.6 Å². The highest BCUT2D eigenvalue weighted by atomic mass is 35.5. The van der Waals surface area contributed by atoms with Crippen molar-refractivity contribution in [2.24, 2.45) is 11.7 Å². The summed E-state index contributed by atoms with van der Waals surface area (Å²) in [6, 6.07) is 7.37. The number of nitrogens with two attached hydrogens (primary N) is 1. The molecule has 3 rings (SSSR count). The molecular formula is C20H27ClN4O2. The van der Waals surface area contributed by atoms with Crippen LogP contribution in [0.2, 0.25) is 5.02 Å². The van der Waals surface area contributed by atoms with E-state index >= 15 is 0 Å². The molecule has 1 unspecified atom stereocenters. The largest absolute Gasteiger partial charge is 0.352 e. The highest BCUT2D eigenvalue weighted by Gasteiger charge is 2.23. The van der Waals surface area contributed by atoms with Gasteiger partial charge in [0.05, 0.1) is 0 Å². The van der Waals surface area contributed by atoms with Crippen molar-refractivity contribution >= 4 is 17.5 Å². The molecule has 1 amide bonds. The maximum Gasteiger partial charge on any atom is 0.226 e. The van der Waals surface area contributed by atoms with Crippen LogP contribution >= 0.6 is 11.6 Å². The lowest BCUT2D eigenvalue weighted by Gasteiger charge is -2.30. The summed E-state index contributed by atoms with van der Waals surface area (Å²) < 4.78 is 5.28. The molecule has 1 aromatic carbocycles. The Morgan fingerprint density at radius 3 is 2.70 bits per heavy atom. The molecule has 3 N–H and O–H groups in total. The second-order valence-electron chi connectivity index (χ2n) is 7.18. The number of nitrogens with zero attached hydrogens (tertiary/aromatic N) is 2. The first-order valence-electron chi connectivity index (χ1n) is 9.73. The highest BCUT2D eigenvalue weighted by molar-refractivity contribution is 6.30. The normalized spacial score (nSPS) is 16.2. The van der Waals surface area contributed by atoms with Gasteiger partial charge in [-0.3, -0.25) is 4.79 Å². The van der Waals surface area contributed by atoms with Crippen LogP contribution in [-0.4, -0.2) is 28.6 Å². The quantitative estimate of drug-likeness (QED) is 0.716. The number of hydrogen-bond donors (Lipinski definition) is 2. The van der Waals surface area contributed by atoms with Crippen molar-refractivity contribution in [2.45, 2.75) is 57.4 Å². The second-order valence-corrected chi connectivity index (χ2v) is 7.62. The molecule has 0 saturated heterocycles. The minimum atomic E-state index is 0.0495. The summed E-state index contributed by atoms with van der Waals surface area (Å²) in [4.78, 5) is 16.6. The van der Waals surface area contributed by atoms with Gasteiger partial charge in [-0.15, -0.1) is 0 Å². The third kappa shape index (κ3) is 5.78. The Balaban J connectivity index is 1.44. The Kier molecular flexibility index (Phi) is 7.24. The lowest BCUT2D eigenvalue weighted by atomic mass is 9.84. The molecule has 27 heavy (non-hydrogen) atoms. The minimum Gasteiger partial charge on any atom is -0.352 e. The van der Waals surface area contributed by atoms with E-state index in [1.54, 1.807) is 12.1 Å². The molecule has 1 saturated carbocycles. The van der Waals surface area contributed by atoms with E-state index in [2.05, 4.69) is 15.5 Å². The van der Waals surface area contributed by atoms with Crippen molar-refractivity contribution < 1.29 is 9.32 Å². The summed E-state index contributed by atoms with van der Waals surface area (Å²) >= 11 is 5.89. The van der Waals surface area contributed by atoms with Gasteiger partial charge in [0.2, 0.25) is 17.6 Å². The molecule has 2 aromatic rings. The zero-order chi connectivity index (χ0) is 19.1. The van der Waals surface area contributed by atoms with Gasteiger partial charge in [0, 0.05) is 36.0 Å². The summed E-state index contributed by atoms with van der Waals surface area (Å²) in [6.45, 7) is 0.504. The standard InChI is InChI=1S/C20H27ClN4O2/c21-16-11-9-15(10-12-16)20-24-19(27-25-20)8-4-7-18(26)23-17(13-22)14-5-2-1-3-6-14/h9-12,14,17H,1-8,13,22H2,(H,23,26). The summed E-state index contributed by atoms with van der Waals surface area (Å²) in [7, 11) is 0. The predicted octanol–water partition coefficient (Wildman–Crippen LogP) is 3.74. The Hall–Kier alpha value is -1.92. The number of amides is 1. The van der Waals surface area contributed by atoms with Crippen molar-refractivity contribution in [3.63, 3.8) is 0 Å². The van der Waals surface area contributed by atoms with Crippen LogP contribution < -0.4 is 11.1 Å². The van der Waals surface area contributed by atoms with Gasteiger partial charge in [-0.05, 0) is 49.4 Å². The Labute approximate surface area is 164 Å². The number of carbonyl (C=O) groups is 1. The molecule has 1 aromatic heterocycles. The molecule has 146 valence electrons. The van der Waals surface area contributed by atoms with Gasteiger partial charge in [-0.2, -0.15) is 4.98 Å². The van der Waals surface area contributed by atoms with Crippen molar-refractivity contribution in [3.05, 3.63) is 35.2 Å². The lowest BCUT2D eigenvalue weighted by molar-refractivity contribution is -0.122. The Bertz CT molecular complexity index is 726. The Morgan fingerprint density at radius 2 is 2.00 bits per heavy atom. The van der Waals surface area contributed by atoms with Crippen molar-refractivity contribution in [1.82, 2.24) is 15.5 Å². The fourth-order valence-electron chi connectivity index (χ4n) is 3.66. The third-order valence-corrected chi connectivity index (χ3v) is 5.44. The molecule has 7 heteroatoms. The van der Waals surface area contributed by atoms with Gasteiger partial charge in [-0.25, -0.2) is 0 Å². The first kappa shape index (κ1) is 19.8. The molecular weight excluding hydrogens is 364 g/mol. The van der Waals surface area contributed by atoms with Gasteiger partial charge in [0.1, 0.15) is 0 Å². The average molecular weight is 391 g/mol. The van der Waals surface area contributed by atoms with E-state index in [0.29, 0.717) is 48.5 Å². The van der Waals surface area contributed by atoms with Crippen molar-refractivity contribution in [1.29, 1.82) is 0 Å². The lowest BCUT2D eigenvalue weighted by Crippen LogP contribution is -2.45. The van der Waals surface area contributed by atoms with Crippen LogP contribution in [-0.2, 0) is 11.2 Å². The summed E-state index contributed by atoms with van der Waals surface area (Å²) in [5, 5.41) is 7.77. The predicted molar refractivity (Wildman–Crippen MR) is 105 cm³/mol.